The van der Waals surface area contributed by atoms with Crippen LogP contribution in [0.25, 0.3) is 0 Å². The van der Waals surface area contributed by atoms with Gasteiger partial charge in [-0.15, -0.1) is 0 Å². The number of ether oxygens (including phenoxy) is 1. The molecule has 0 aromatic heterocycles. The number of amides is 1. The van der Waals surface area contributed by atoms with Gasteiger partial charge in [-0.05, 0) is 49.3 Å². The molecule has 0 bridgehead atoms. The molecule has 144 valence electrons. The van der Waals surface area contributed by atoms with Crippen molar-refractivity contribution < 1.29 is 22.7 Å². The van der Waals surface area contributed by atoms with Gasteiger partial charge in [-0.1, -0.05) is 19.1 Å². The molecule has 0 spiro atoms. The first kappa shape index (κ1) is 20.4. The monoisotopic (exact) mass is 382 g/mol. The van der Waals surface area contributed by atoms with E-state index in [0.717, 1.165) is 31.2 Å². The SMILES string of the molecule is COC(=O)c1ccc(CNC(=O)CS(=O)(=O)NC2CCC(C)CC2)cc1. The van der Waals surface area contributed by atoms with Gasteiger partial charge in [0.25, 0.3) is 0 Å². The van der Waals surface area contributed by atoms with Crippen molar-refractivity contribution in [1.82, 2.24) is 10.0 Å². The molecule has 1 aliphatic carbocycles. The Kier molecular flexibility index (Phi) is 7.16. The molecule has 1 saturated carbocycles. The van der Waals surface area contributed by atoms with Crippen molar-refractivity contribution in [2.24, 2.45) is 5.92 Å². The highest BCUT2D eigenvalue weighted by molar-refractivity contribution is 7.90. The van der Waals surface area contributed by atoms with E-state index >= 15 is 0 Å². The molecular weight excluding hydrogens is 356 g/mol. The summed E-state index contributed by atoms with van der Waals surface area (Å²) >= 11 is 0. The predicted octanol–water partition coefficient (Wildman–Crippen LogP) is 1.59. The minimum absolute atomic E-state index is 0.0742. The van der Waals surface area contributed by atoms with Gasteiger partial charge in [0.15, 0.2) is 0 Å². The highest BCUT2D eigenvalue weighted by Crippen LogP contribution is 2.23. The second-order valence-corrected chi connectivity index (χ2v) is 8.55. The Morgan fingerprint density at radius 2 is 1.73 bits per heavy atom. The normalized spacial score (nSPS) is 20.4. The third-order valence-electron chi connectivity index (χ3n) is 4.55. The average molecular weight is 382 g/mol. The van der Waals surface area contributed by atoms with Crippen molar-refractivity contribution in [2.75, 3.05) is 12.9 Å². The van der Waals surface area contributed by atoms with Crippen LogP contribution < -0.4 is 10.0 Å². The fourth-order valence-corrected chi connectivity index (χ4v) is 4.25. The fourth-order valence-electron chi connectivity index (χ4n) is 2.97. The van der Waals surface area contributed by atoms with Crippen LogP contribution in [0.3, 0.4) is 0 Å². The van der Waals surface area contributed by atoms with Crippen LogP contribution in [-0.4, -0.2) is 39.2 Å². The van der Waals surface area contributed by atoms with Crippen molar-refractivity contribution in [2.45, 2.75) is 45.2 Å². The van der Waals surface area contributed by atoms with E-state index in [1.807, 2.05) is 0 Å². The summed E-state index contributed by atoms with van der Waals surface area (Å²) < 4.78 is 31.5. The van der Waals surface area contributed by atoms with Crippen molar-refractivity contribution in [3.8, 4) is 0 Å². The molecule has 26 heavy (non-hydrogen) atoms. The lowest BCUT2D eigenvalue weighted by atomic mass is 9.88. The van der Waals surface area contributed by atoms with E-state index in [0.29, 0.717) is 11.5 Å². The van der Waals surface area contributed by atoms with Crippen LogP contribution in [0.4, 0.5) is 0 Å². The molecule has 0 atom stereocenters. The molecule has 2 N–H and O–H groups in total. The highest BCUT2D eigenvalue weighted by atomic mass is 32.2. The Labute approximate surface area is 154 Å². The number of carbonyl (C=O) groups is 2. The van der Waals surface area contributed by atoms with Gasteiger partial charge in [-0.25, -0.2) is 17.9 Å². The van der Waals surface area contributed by atoms with Gasteiger partial charge in [-0.3, -0.25) is 4.79 Å². The molecule has 7 nitrogen and oxygen atoms in total. The summed E-state index contributed by atoms with van der Waals surface area (Å²) in [7, 11) is -2.34. The maximum Gasteiger partial charge on any atom is 0.337 e. The minimum Gasteiger partial charge on any atom is -0.465 e. The average Bonchev–Trinajstić information content (AvgIpc) is 2.61. The topological polar surface area (TPSA) is 102 Å². The maximum absolute atomic E-state index is 12.1. The van der Waals surface area contributed by atoms with E-state index in [-0.39, 0.29) is 12.6 Å². The largest absolute Gasteiger partial charge is 0.465 e. The van der Waals surface area contributed by atoms with Crippen LogP contribution in [0.5, 0.6) is 0 Å². The van der Waals surface area contributed by atoms with E-state index in [2.05, 4.69) is 21.7 Å². The number of carbonyl (C=O) groups excluding carboxylic acids is 2. The van der Waals surface area contributed by atoms with Crippen molar-refractivity contribution >= 4 is 21.9 Å². The lowest BCUT2D eigenvalue weighted by Crippen LogP contribution is -2.42. The fraction of sp³-hybridized carbons (Fsp3) is 0.556. The van der Waals surface area contributed by atoms with Crippen LogP contribution in [-0.2, 0) is 26.1 Å². The van der Waals surface area contributed by atoms with E-state index < -0.39 is 27.7 Å². The number of hydrogen-bond donors (Lipinski definition) is 2. The van der Waals surface area contributed by atoms with E-state index in [4.69, 9.17) is 0 Å². The summed E-state index contributed by atoms with van der Waals surface area (Å²) in [4.78, 5) is 23.3. The Balaban J connectivity index is 1.79. The molecule has 0 aliphatic heterocycles. The van der Waals surface area contributed by atoms with Crippen molar-refractivity contribution in [1.29, 1.82) is 0 Å². The van der Waals surface area contributed by atoms with Gasteiger partial charge in [0, 0.05) is 12.6 Å². The lowest BCUT2D eigenvalue weighted by molar-refractivity contribution is -0.118. The first-order chi connectivity index (χ1) is 12.3. The van der Waals surface area contributed by atoms with Crippen LogP contribution in [0.2, 0.25) is 0 Å². The third kappa shape index (κ3) is 6.42. The minimum atomic E-state index is -3.65. The molecule has 2 rings (SSSR count). The van der Waals surface area contributed by atoms with Crippen molar-refractivity contribution in [3.05, 3.63) is 35.4 Å². The summed E-state index contributed by atoms with van der Waals surface area (Å²) in [6.07, 6.45) is 3.63. The molecule has 1 aliphatic rings. The molecule has 1 aromatic carbocycles. The summed E-state index contributed by atoms with van der Waals surface area (Å²) in [6, 6.07) is 6.48. The van der Waals surface area contributed by atoms with E-state index in [1.165, 1.54) is 7.11 Å². The number of methoxy groups -OCH3 is 1. The second kappa shape index (κ2) is 9.14. The Morgan fingerprint density at radius 3 is 2.31 bits per heavy atom. The molecule has 1 amide bonds. The zero-order valence-electron chi connectivity index (χ0n) is 15.2. The number of nitrogens with one attached hydrogen (secondary N) is 2. The van der Waals surface area contributed by atoms with Gasteiger partial charge < -0.3 is 10.1 Å². The van der Waals surface area contributed by atoms with Crippen LogP contribution in [0.15, 0.2) is 24.3 Å². The number of benzene rings is 1. The van der Waals surface area contributed by atoms with Crippen LogP contribution in [0.1, 0.15) is 48.5 Å². The molecule has 0 unspecified atom stereocenters. The first-order valence-electron chi connectivity index (χ1n) is 8.73. The highest BCUT2D eigenvalue weighted by Gasteiger charge is 2.24. The summed E-state index contributed by atoms with van der Waals surface area (Å²) in [5.41, 5.74) is 1.17. The third-order valence-corrected chi connectivity index (χ3v) is 5.88. The number of hydrogen-bond acceptors (Lipinski definition) is 5. The van der Waals surface area contributed by atoms with Gasteiger partial charge in [-0.2, -0.15) is 0 Å². The second-order valence-electron chi connectivity index (χ2n) is 6.80. The number of rotatable bonds is 7. The van der Waals surface area contributed by atoms with Crippen LogP contribution in [0, 0.1) is 5.92 Å². The predicted molar refractivity (Wildman–Crippen MR) is 98.0 cm³/mol. The first-order valence-corrected chi connectivity index (χ1v) is 10.4. The molecule has 0 saturated heterocycles. The summed E-state index contributed by atoms with van der Waals surface area (Å²) in [6.45, 7) is 2.35. The summed E-state index contributed by atoms with van der Waals surface area (Å²) in [5.74, 6) is -0.947. The zero-order chi connectivity index (χ0) is 19.2. The number of esters is 1. The number of sulfonamides is 1. The van der Waals surface area contributed by atoms with Gasteiger partial charge in [0.05, 0.1) is 12.7 Å². The van der Waals surface area contributed by atoms with E-state index in [1.54, 1.807) is 24.3 Å². The standard InChI is InChI=1S/C18H26N2O5S/c1-13-3-9-16(10-4-13)20-26(23,24)12-17(21)19-11-14-5-7-15(8-6-14)18(22)25-2/h5-8,13,16,20H,3-4,9-12H2,1-2H3,(H,19,21). The van der Waals surface area contributed by atoms with Gasteiger partial charge in [0.2, 0.25) is 15.9 Å². The summed E-state index contributed by atoms with van der Waals surface area (Å²) in [5, 5.41) is 2.59. The molecule has 0 radical (unpaired) electrons. The van der Waals surface area contributed by atoms with Crippen molar-refractivity contribution in [3.63, 3.8) is 0 Å². The zero-order valence-corrected chi connectivity index (χ0v) is 16.0. The van der Waals surface area contributed by atoms with E-state index in [9.17, 15) is 18.0 Å². The smallest absolute Gasteiger partial charge is 0.337 e. The van der Waals surface area contributed by atoms with Gasteiger partial charge >= 0.3 is 5.97 Å². The van der Waals surface area contributed by atoms with Gasteiger partial charge in [0.1, 0.15) is 5.75 Å². The molecular formula is C18H26N2O5S. The lowest BCUT2D eigenvalue weighted by Gasteiger charge is -2.26. The Hall–Kier alpha value is -1.93. The Bertz CT molecular complexity index is 722. The molecule has 1 fully saturated rings. The molecule has 1 aromatic rings. The Morgan fingerprint density at radius 1 is 1.12 bits per heavy atom. The molecule has 8 heteroatoms. The quantitative estimate of drug-likeness (QED) is 0.697. The maximum atomic E-state index is 12.1. The molecule has 0 heterocycles. The van der Waals surface area contributed by atoms with Crippen LogP contribution >= 0.6 is 0 Å².